The molecule has 1 N–H and O–H groups in total. The predicted molar refractivity (Wildman–Crippen MR) is 61.4 cm³/mol. The third-order valence-corrected chi connectivity index (χ3v) is 2.20. The molecular weight excluding hydrogens is 172 g/mol. The molecule has 1 aromatic rings. The zero-order valence-corrected chi connectivity index (χ0v) is 8.91. The number of rotatable bonds is 3. The van der Waals surface area contributed by atoms with E-state index in [1.165, 1.54) is 5.69 Å². The van der Waals surface area contributed by atoms with Crippen molar-refractivity contribution in [3.8, 4) is 12.3 Å². The molecule has 0 aliphatic rings. The maximum Gasteiger partial charge on any atom is 0.0940 e. The summed E-state index contributed by atoms with van der Waals surface area (Å²) in [6.07, 6.45) is 5.39. The van der Waals surface area contributed by atoms with Gasteiger partial charge in [0.25, 0.3) is 0 Å². The van der Waals surface area contributed by atoms with Crippen molar-refractivity contribution in [1.29, 1.82) is 0 Å². The molecule has 1 atom stereocenters. The van der Waals surface area contributed by atoms with Crippen molar-refractivity contribution in [2.75, 3.05) is 26.0 Å². The molecule has 0 aliphatic carbocycles. The Morgan fingerprint density at radius 3 is 2.21 bits per heavy atom. The number of benzene rings is 1. The van der Waals surface area contributed by atoms with E-state index in [1.807, 2.05) is 21.1 Å². The van der Waals surface area contributed by atoms with Crippen molar-refractivity contribution in [2.24, 2.45) is 0 Å². The fraction of sp³-hybridized carbons (Fsp3) is 0.333. The van der Waals surface area contributed by atoms with E-state index in [0.29, 0.717) is 0 Å². The summed E-state index contributed by atoms with van der Waals surface area (Å²) in [4.78, 5) is 2.06. The van der Waals surface area contributed by atoms with E-state index in [0.717, 1.165) is 5.56 Å². The predicted octanol–water partition coefficient (Wildman–Crippen LogP) is 1.65. The summed E-state index contributed by atoms with van der Waals surface area (Å²) in [6.45, 7) is 0. The molecule has 1 rings (SSSR count). The molecule has 0 aliphatic heterocycles. The van der Waals surface area contributed by atoms with Crippen LogP contribution in [0.5, 0.6) is 0 Å². The maximum absolute atomic E-state index is 5.39. The summed E-state index contributed by atoms with van der Waals surface area (Å²) >= 11 is 0. The fourth-order valence-corrected chi connectivity index (χ4v) is 1.31. The monoisotopic (exact) mass is 188 g/mol. The number of nitrogens with one attached hydrogen (secondary N) is 1. The molecule has 0 radical (unpaired) electrons. The summed E-state index contributed by atoms with van der Waals surface area (Å²) in [6, 6.07) is 8.24. The molecule has 0 amide bonds. The summed E-state index contributed by atoms with van der Waals surface area (Å²) in [5, 5.41) is 3.07. The SMILES string of the molecule is C#CC(NC)c1ccc(N(C)C)cc1. The fourth-order valence-electron chi connectivity index (χ4n) is 1.31. The first-order valence-corrected chi connectivity index (χ1v) is 4.59. The van der Waals surface area contributed by atoms with Crippen LogP contribution in [-0.2, 0) is 0 Å². The van der Waals surface area contributed by atoms with Crippen LogP contribution in [0.2, 0.25) is 0 Å². The Labute approximate surface area is 85.9 Å². The lowest BCUT2D eigenvalue weighted by Crippen LogP contribution is -2.14. The number of hydrogen-bond donors (Lipinski definition) is 1. The molecule has 0 spiro atoms. The standard InChI is InChI=1S/C12H16N2/c1-5-12(13-2)10-6-8-11(9-7-10)14(3)4/h1,6-9,12-13H,2-4H3. The third kappa shape index (κ3) is 2.27. The quantitative estimate of drug-likeness (QED) is 0.725. The van der Waals surface area contributed by atoms with E-state index < -0.39 is 0 Å². The largest absolute Gasteiger partial charge is 0.378 e. The second kappa shape index (κ2) is 4.69. The first-order valence-electron chi connectivity index (χ1n) is 4.59. The van der Waals surface area contributed by atoms with E-state index in [2.05, 4.69) is 40.4 Å². The average Bonchev–Trinajstić information content (AvgIpc) is 2.20. The van der Waals surface area contributed by atoms with Gasteiger partial charge in [-0.15, -0.1) is 6.42 Å². The van der Waals surface area contributed by atoms with Gasteiger partial charge in [-0.1, -0.05) is 18.1 Å². The smallest absolute Gasteiger partial charge is 0.0940 e. The molecule has 0 saturated carbocycles. The zero-order valence-electron chi connectivity index (χ0n) is 8.91. The summed E-state index contributed by atoms with van der Waals surface area (Å²) in [7, 11) is 5.90. The van der Waals surface area contributed by atoms with Gasteiger partial charge in [-0.25, -0.2) is 0 Å². The minimum Gasteiger partial charge on any atom is -0.378 e. The van der Waals surface area contributed by atoms with Crippen molar-refractivity contribution in [3.63, 3.8) is 0 Å². The summed E-state index contributed by atoms with van der Waals surface area (Å²) < 4.78 is 0. The summed E-state index contributed by atoms with van der Waals surface area (Å²) in [5.41, 5.74) is 2.31. The maximum atomic E-state index is 5.39. The average molecular weight is 188 g/mol. The second-order valence-corrected chi connectivity index (χ2v) is 3.37. The molecule has 1 unspecified atom stereocenters. The second-order valence-electron chi connectivity index (χ2n) is 3.37. The van der Waals surface area contributed by atoms with Crippen LogP contribution in [0.25, 0.3) is 0 Å². The van der Waals surface area contributed by atoms with Crippen LogP contribution in [0.15, 0.2) is 24.3 Å². The molecule has 2 heteroatoms. The van der Waals surface area contributed by atoms with Crippen LogP contribution in [0.4, 0.5) is 5.69 Å². The molecule has 14 heavy (non-hydrogen) atoms. The van der Waals surface area contributed by atoms with Crippen molar-refractivity contribution in [2.45, 2.75) is 6.04 Å². The number of terminal acetylenes is 1. The minimum atomic E-state index is 0.00575. The molecule has 2 nitrogen and oxygen atoms in total. The highest BCUT2D eigenvalue weighted by Crippen LogP contribution is 2.16. The lowest BCUT2D eigenvalue weighted by molar-refractivity contribution is 0.736. The Balaban J connectivity index is 2.88. The van der Waals surface area contributed by atoms with Gasteiger partial charge in [0.1, 0.15) is 0 Å². The molecule has 0 aromatic heterocycles. The highest BCUT2D eigenvalue weighted by molar-refractivity contribution is 5.47. The van der Waals surface area contributed by atoms with Crippen LogP contribution in [0.1, 0.15) is 11.6 Å². The van der Waals surface area contributed by atoms with Crippen molar-refractivity contribution in [3.05, 3.63) is 29.8 Å². The van der Waals surface area contributed by atoms with Gasteiger partial charge >= 0.3 is 0 Å². The van der Waals surface area contributed by atoms with E-state index in [-0.39, 0.29) is 6.04 Å². The Bertz CT molecular complexity index is 319. The van der Waals surface area contributed by atoms with E-state index >= 15 is 0 Å². The molecule has 0 saturated heterocycles. The molecular formula is C12H16N2. The van der Waals surface area contributed by atoms with Gasteiger partial charge in [-0.3, -0.25) is 0 Å². The first kappa shape index (κ1) is 10.6. The van der Waals surface area contributed by atoms with Gasteiger partial charge in [0.2, 0.25) is 0 Å². The van der Waals surface area contributed by atoms with E-state index in [1.54, 1.807) is 0 Å². The minimum absolute atomic E-state index is 0.00575. The van der Waals surface area contributed by atoms with Gasteiger partial charge in [-0.2, -0.15) is 0 Å². The van der Waals surface area contributed by atoms with Crippen LogP contribution in [0.3, 0.4) is 0 Å². The molecule has 1 aromatic carbocycles. The summed E-state index contributed by atoms with van der Waals surface area (Å²) in [5.74, 6) is 2.69. The van der Waals surface area contributed by atoms with Crippen LogP contribution < -0.4 is 10.2 Å². The topological polar surface area (TPSA) is 15.3 Å². The van der Waals surface area contributed by atoms with E-state index in [9.17, 15) is 0 Å². The van der Waals surface area contributed by atoms with E-state index in [4.69, 9.17) is 6.42 Å². The van der Waals surface area contributed by atoms with Gasteiger partial charge < -0.3 is 10.2 Å². The van der Waals surface area contributed by atoms with Crippen LogP contribution >= 0.6 is 0 Å². The zero-order chi connectivity index (χ0) is 10.6. The Kier molecular flexibility index (Phi) is 3.55. The molecule has 0 bridgehead atoms. The molecule has 0 fully saturated rings. The van der Waals surface area contributed by atoms with Crippen LogP contribution in [0, 0.1) is 12.3 Å². The van der Waals surface area contributed by atoms with Crippen molar-refractivity contribution < 1.29 is 0 Å². The Morgan fingerprint density at radius 2 is 1.86 bits per heavy atom. The third-order valence-electron chi connectivity index (χ3n) is 2.20. The molecule has 74 valence electrons. The number of nitrogens with zero attached hydrogens (tertiary/aromatic N) is 1. The van der Waals surface area contributed by atoms with Gasteiger partial charge in [-0.05, 0) is 24.7 Å². The van der Waals surface area contributed by atoms with Gasteiger partial charge in [0.05, 0.1) is 6.04 Å². The van der Waals surface area contributed by atoms with Gasteiger partial charge in [0, 0.05) is 19.8 Å². The number of hydrogen-bond acceptors (Lipinski definition) is 2. The highest BCUT2D eigenvalue weighted by Gasteiger charge is 2.04. The van der Waals surface area contributed by atoms with Crippen LogP contribution in [-0.4, -0.2) is 21.1 Å². The molecule has 0 heterocycles. The first-order chi connectivity index (χ1) is 6.69. The van der Waals surface area contributed by atoms with Gasteiger partial charge in [0.15, 0.2) is 0 Å². The normalized spacial score (nSPS) is 11.9. The lowest BCUT2D eigenvalue weighted by atomic mass is 10.1. The lowest BCUT2D eigenvalue weighted by Gasteiger charge is -2.14. The van der Waals surface area contributed by atoms with Crippen molar-refractivity contribution in [1.82, 2.24) is 5.32 Å². The number of anilines is 1. The van der Waals surface area contributed by atoms with Crippen molar-refractivity contribution >= 4 is 5.69 Å². The highest BCUT2D eigenvalue weighted by atomic mass is 15.1. The Morgan fingerprint density at radius 1 is 1.29 bits per heavy atom. The Hall–Kier alpha value is -1.46.